The lowest BCUT2D eigenvalue weighted by molar-refractivity contribution is -0.174. The molecule has 2 aliphatic heterocycles. The minimum Gasteiger partial charge on any atom is -0.376 e. The first-order valence-corrected chi connectivity index (χ1v) is 6.30. The molecular formula is C12H18F3NO3. The van der Waals surface area contributed by atoms with Crippen molar-refractivity contribution >= 4 is 5.91 Å². The minimum absolute atomic E-state index is 0.237. The molecule has 0 radical (unpaired) electrons. The van der Waals surface area contributed by atoms with Crippen molar-refractivity contribution in [1.82, 2.24) is 4.90 Å². The number of nitrogens with zero attached hydrogens (tertiary/aromatic N) is 1. The number of morpholine rings is 1. The van der Waals surface area contributed by atoms with Gasteiger partial charge in [-0.15, -0.1) is 0 Å². The highest BCUT2D eigenvalue weighted by molar-refractivity contribution is 5.77. The Hall–Kier alpha value is -0.820. The lowest BCUT2D eigenvalue weighted by Crippen LogP contribution is -2.60. The third-order valence-electron chi connectivity index (χ3n) is 3.36. The predicted molar refractivity (Wildman–Crippen MR) is 60.6 cm³/mol. The molecule has 2 rings (SSSR count). The Kier molecular flexibility index (Phi) is 3.79. The second-order valence-corrected chi connectivity index (χ2v) is 5.66. The number of hydrogen-bond acceptors (Lipinski definition) is 3. The molecule has 0 saturated carbocycles. The molecule has 19 heavy (non-hydrogen) atoms. The number of ether oxygens (including phenoxy) is 2. The summed E-state index contributed by atoms with van der Waals surface area (Å²) in [7, 11) is 0. The standard InChI is InChI=1S/C12H18F3NO3/c1-11(2)7-16(8-5-18-6-9(8)19-11)10(17)3-4-12(13,14)15/h8-9H,3-7H2,1-2H3/t8-,9-/m1/s1. The molecule has 4 nitrogen and oxygen atoms in total. The Balaban J connectivity index is 2.02. The van der Waals surface area contributed by atoms with Crippen molar-refractivity contribution in [3.63, 3.8) is 0 Å². The Bertz CT molecular complexity index is 357. The second kappa shape index (κ2) is 4.94. The van der Waals surface area contributed by atoms with Gasteiger partial charge in [0.25, 0.3) is 0 Å². The molecule has 110 valence electrons. The van der Waals surface area contributed by atoms with Crippen LogP contribution in [0, 0.1) is 0 Å². The van der Waals surface area contributed by atoms with Crippen LogP contribution in [-0.4, -0.2) is 54.5 Å². The van der Waals surface area contributed by atoms with Gasteiger partial charge in [-0.2, -0.15) is 13.2 Å². The van der Waals surface area contributed by atoms with E-state index in [2.05, 4.69) is 0 Å². The van der Waals surface area contributed by atoms with Gasteiger partial charge in [-0.25, -0.2) is 0 Å². The first-order chi connectivity index (χ1) is 8.68. The first kappa shape index (κ1) is 14.6. The highest BCUT2D eigenvalue weighted by Gasteiger charge is 2.46. The molecule has 0 bridgehead atoms. The zero-order chi connectivity index (χ0) is 14.3. The number of carbonyl (C=O) groups is 1. The topological polar surface area (TPSA) is 38.8 Å². The number of hydrogen-bond donors (Lipinski definition) is 0. The molecule has 0 unspecified atom stereocenters. The quantitative estimate of drug-likeness (QED) is 0.774. The SMILES string of the molecule is CC1(C)CN(C(=O)CCC(F)(F)F)[C@@H]2COC[C@H]2O1. The van der Waals surface area contributed by atoms with Crippen LogP contribution in [0.5, 0.6) is 0 Å². The van der Waals surface area contributed by atoms with Gasteiger partial charge in [0.1, 0.15) is 6.10 Å². The van der Waals surface area contributed by atoms with Crippen LogP contribution in [0.2, 0.25) is 0 Å². The normalized spacial score (nSPS) is 30.3. The van der Waals surface area contributed by atoms with E-state index in [1.54, 1.807) is 0 Å². The number of rotatable bonds is 2. The zero-order valence-electron chi connectivity index (χ0n) is 11.0. The fraction of sp³-hybridized carbons (Fsp3) is 0.917. The highest BCUT2D eigenvalue weighted by atomic mass is 19.4. The average molecular weight is 281 g/mol. The van der Waals surface area contributed by atoms with Crippen LogP contribution in [0.3, 0.4) is 0 Å². The van der Waals surface area contributed by atoms with Crippen molar-refractivity contribution in [2.45, 2.75) is 50.6 Å². The van der Waals surface area contributed by atoms with Crippen LogP contribution < -0.4 is 0 Å². The maximum absolute atomic E-state index is 12.2. The third kappa shape index (κ3) is 3.60. The van der Waals surface area contributed by atoms with Crippen molar-refractivity contribution in [3.8, 4) is 0 Å². The van der Waals surface area contributed by atoms with E-state index in [1.807, 2.05) is 13.8 Å². The number of fused-ring (bicyclic) bond motifs is 1. The van der Waals surface area contributed by atoms with Crippen molar-refractivity contribution in [2.24, 2.45) is 0 Å². The zero-order valence-corrected chi connectivity index (χ0v) is 11.0. The van der Waals surface area contributed by atoms with Gasteiger partial charge >= 0.3 is 6.18 Å². The van der Waals surface area contributed by atoms with E-state index in [1.165, 1.54) is 4.90 Å². The Morgan fingerprint density at radius 2 is 2.05 bits per heavy atom. The minimum atomic E-state index is -4.30. The molecule has 2 aliphatic rings. The number of alkyl halides is 3. The van der Waals surface area contributed by atoms with Crippen LogP contribution in [0.4, 0.5) is 13.2 Å². The van der Waals surface area contributed by atoms with E-state index in [-0.39, 0.29) is 12.1 Å². The summed E-state index contributed by atoms with van der Waals surface area (Å²) in [6.07, 6.45) is -6.13. The van der Waals surface area contributed by atoms with E-state index >= 15 is 0 Å². The van der Waals surface area contributed by atoms with Gasteiger partial charge in [0.15, 0.2) is 0 Å². The van der Waals surface area contributed by atoms with Gasteiger partial charge in [0.2, 0.25) is 5.91 Å². The van der Waals surface area contributed by atoms with E-state index in [4.69, 9.17) is 9.47 Å². The maximum Gasteiger partial charge on any atom is 0.389 e. The molecule has 2 fully saturated rings. The number of carbonyl (C=O) groups excluding carboxylic acids is 1. The summed E-state index contributed by atoms with van der Waals surface area (Å²) < 4.78 is 47.6. The Labute approximate surface area is 109 Å². The van der Waals surface area contributed by atoms with Crippen LogP contribution in [0.25, 0.3) is 0 Å². The molecule has 2 atom stereocenters. The summed E-state index contributed by atoms with van der Waals surface area (Å²) in [6, 6.07) is -0.256. The molecule has 0 spiro atoms. The predicted octanol–water partition coefficient (Wildman–Crippen LogP) is 1.73. The molecule has 0 aromatic heterocycles. The van der Waals surface area contributed by atoms with Crippen LogP contribution >= 0.6 is 0 Å². The molecule has 0 N–H and O–H groups in total. The van der Waals surface area contributed by atoms with Crippen LogP contribution in [0.1, 0.15) is 26.7 Å². The van der Waals surface area contributed by atoms with Crippen LogP contribution in [0.15, 0.2) is 0 Å². The van der Waals surface area contributed by atoms with Crippen molar-refractivity contribution in [3.05, 3.63) is 0 Å². The summed E-state index contributed by atoms with van der Waals surface area (Å²) in [5.41, 5.74) is -0.553. The molecule has 0 aromatic carbocycles. The number of amides is 1. The second-order valence-electron chi connectivity index (χ2n) is 5.66. The van der Waals surface area contributed by atoms with Gasteiger partial charge in [0.05, 0.1) is 31.3 Å². The summed E-state index contributed by atoms with van der Waals surface area (Å²) >= 11 is 0. The lowest BCUT2D eigenvalue weighted by Gasteiger charge is -2.45. The fourth-order valence-corrected chi connectivity index (χ4v) is 2.57. The van der Waals surface area contributed by atoms with Gasteiger partial charge in [-0.1, -0.05) is 0 Å². The van der Waals surface area contributed by atoms with Gasteiger partial charge in [-0.05, 0) is 13.8 Å². The van der Waals surface area contributed by atoms with E-state index in [0.29, 0.717) is 19.8 Å². The smallest absolute Gasteiger partial charge is 0.376 e. The Morgan fingerprint density at radius 1 is 1.37 bits per heavy atom. The monoisotopic (exact) mass is 281 g/mol. The first-order valence-electron chi connectivity index (χ1n) is 6.30. The van der Waals surface area contributed by atoms with E-state index in [9.17, 15) is 18.0 Å². The highest BCUT2D eigenvalue weighted by Crippen LogP contribution is 2.31. The van der Waals surface area contributed by atoms with Gasteiger partial charge in [0, 0.05) is 13.0 Å². The summed E-state index contributed by atoms with van der Waals surface area (Å²) in [4.78, 5) is 13.5. The molecule has 1 amide bonds. The summed E-state index contributed by atoms with van der Waals surface area (Å²) in [5.74, 6) is -0.478. The largest absolute Gasteiger partial charge is 0.389 e. The van der Waals surface area contributed by atoms with E-state index in [0.717, 1.165) is 0 Å². The molecule has 7 heteroatoms. The van der Waals surface area contributed by atoms with Crippen LogP contribution in [-0.2, 0) is 14.3 Å². The van der Waals surface area contributed by atoms with Gasteiger partial charge in [-0.3, -0.25) is 4.79 Å². The number of halogens is 3. The lowest BCUT2D eigenvalue weighted by atomic mass is 10.00. The van der Waals surface area contributed by atoms with E-state index < -0.39 is 30.5 Å². The molecule has 2 heterocycles. The van der Waals surface area contributed by atoms with Gasteiger partial charge < -0.3 is 14.4 Å². The summed E-state index contributed by atoms with van der Waals surface area (Å²) in [5, 5.41) is 0. The molecule has 0 aromatic rings. The van der Waals surface area contributed by atoms with Crippen molar-refractivity contribution in [2.75, 3.05) is 19.8 Å². The third-order valence-corrected chi connectivity index (χ3v) is 3.36. The summed E-state index contributed by atoms with van der Waals surface area (Å²) in [6.45, 7) is 4.67. The maximum atomic E-state index is 12.2. The molecule has 2 saturated heterocycles. The Morgan fingerprint density at radius 3 is 2.68 bits per heavy atom. The fourth-order valence-electron chi connectivity index (χ4n) is 2.57. The molecular weight excluding hydrogens is 263 g/mol. The van der Waals surface area contributed by atoms with Crippen molar-refractivity contribution < 1.29 is 27.4 Å². The molecule has 0 aliphatic carbocycles. The average Bonchev–Trinajstić information content (AvgIpc) is 2.69. The van der Waals surface area contributed by atoms with Crippen molar-refractivity contribution in [1.29, 1.82) is 0 Å².